The molecule has 2 bridgehead atoms. The topological polar surface area (TPSA) is 125 Å². The molecule has 2 N–H and O–H groups in total. The molecule has 2 aromatic carbocycles. The molecule has 3 heterocycles. The Morgan fingerprint density at radius 2 is 1.89 bits per heavy atom. The molecule has 47 heavy (non-hydrogen) atoms. The number of nitrogens with zero attached hydrogens (tertiary/aromatic N) is 2. The van der Waals surface area contributed by atoms with Gasteiger partial charge in [0.2, 0.25) is 11.8 Å². The Labute approximate surface area is 287 Å². The molecule has 0 saturated carbocycles. The number of anilines is 1. The number of para-hydroxylation sites is 1. The minimum absolute atomic E-state index is 0.1000. The Hall–Kier alpha value is -3.51. The number of fused-ring (bicyclic) bond motifs is 1. The third-order valence-electron chi connectivity index (χ3n) is 9.15. The van der Waals surface area contributed by atoms with E-state index >= 15 is 0 Å². The quantitative estimate of drug-likeness (QED) is 0.168. The van der Waals surface area contributed by atoms with Crippen molar-refractivity contribution in [2.24, 2.45) is 11.8 Å². The number of rotatable bonds is 14. The number of hydrogen-bond donors (Lipinski definition) is 2. The monoisotopic (exact) mass is 727 g/mol. The summed E-state index contributed by atoms with van der Waals surface area (Å²) in [6.45, 7) is 8.78. The molecule has 250 valence electrons. The number of esters is 1. The van der Waals surface area contributed by atoms with Crippen molar-refractivity contribution in [3.05, 3.63) is 90.5 Å². The summed E-state index contributed by atoms with van der Waals surface area (Å²) in [6.07, 6.45) is 2.60. The predicted octanol–water partition coefficient (Wildman–Crippen LogP) is 4.35. The third-order valence-corrected chi connectivity index (χ3v) is 10.3. The van der Waals surface area contributed by atoms with Gasteiger partial charge in [-0.25, -0.2) is 0 Å². The molecule has 3 aliphatic rings. The summed E-state index contributed by atoms with van der Waals surface area (Å²) in [6, 6.07) is 14.2. The molecule has 0 radical (unpaired) electrons. The number of alkyl halides is 1. The zero-order chi connectivity index (χ0) is 33.9. The molecule has 8 atom stereocenters. The molecule has 3 amide bonds. The van der Waals surface area contributed by atoms with E-state index < -0.39 is 66.1 Å². The Bertz CT molecular complexity index is 1530. The maximum Gasteiger partial charge on any atom is 0.313 e. The Morgan fingerprint density at radius 3 is 2.55 bits per heavy atom. The fourth-order valence-electron chi connectivity index (χ4n) is 7.22. The van der Waals surface area contributed by atoms with Crippen LogP contribution in [0.15, 0.2) is 79.9 Å². The van der Waals surface area contributed by atoms with Crippen molar-refractivity contribution >= 4 is 56.9 Å². The second-order valence-corrected chi connectivity index (χ2v) is 13.6. The zero-order valence-electron chi connectivity index (χ0n) is 26.1. The van der Waals surface area contributed by atoms with E-state index in [-0.39, 0.29) is 36.7 Å². The fourth-order valence-corrected chi connectivity index (χ4v) is 8.40. The van der Waals surface area contributed by atoms with E-state index in [0.29, 0.717) is 22.7 Å². The van der Waals surface area contributed by atoms with Crippen LogP contribution in [-0.4, -0.2) is 82.0 Å². The Balaban J connectivity index is 1.49. The van der Waals surface area contributed by atoms with Crippen molar-refractivity contribution in [3.8, 4) is 0 Å². The van der Waals surface area contributed by atoms with Gasteiger partial charge in [0.1, 0.15) is 17.7 Å². The van der Waals surface area contributed by atoms with E-state index in [1.54, 1.807) is 55.5 Å². The maximum atomic E-state index is 14.5. The van der Waals surface area contributed by atoms with Gasteiger partial charge in [-0.05, 0) is 37.5 Å². The van der Waals surface area contributed by atoms with Gasteiger partial charge in [-0.15, -0.1) is 13.2 Å². The van der Waals surface area contributed by atoms with Crippen molar-refractivity contribution < 1.29 is 33.8 Å². The van der Waals surface area contributed by atoms with E-state index in [9.17, 15) is 24.3 Å². The average Bonchev–Trinajstić information content (AvgIpc) is 3.65. The SMILES string of the molecule is C=CCCC(=O)N[C@@H](C)[C@H](OC(=O)[C@@H]1[C@H]2O[C@@]3(CC2Br)[C@H](C(=O)N(CC=C)c2ccccc2Cl)N(CCO)C(=O)[C@@H]13)c1ccccc1. The van der Waals surface area contributed by atoms with Gasteiger partial charge in [-0.2, -0.15) is 0 Å². The van der Waals surface area contributed by atoms with Crippen LogP contribution in [0.3, 0.4) is 0 Å². The molecule has 0 aliphatic carbocycles. The second kappa shape index (κ2) is 14.7. The molecular weight excluding hydrogens is 690 g/mol. The maximum absolute atomic E-state index is 14.5. The van der Waals surface area contributed by atoms with Gasteiger partial charge in [-0.3, -0.25) is 19.2 Å². The van der Waals surface area contributed by atoms with E-state index in [2.05, 4.69) is 34.4 Å². The number of halogens is 2. The summed E-state index contributed by atoms with van der Waals surface area (Å²) in [7, 11) is 0. The molecule has 1 unspecified atom stereocenters. The highest BCUT2D eigenvalue weighted by molar-refractivity contribution is 9.09. The van der Waals surface area contributed by atoms with Crippen LogP contribution in [0.2, 0.25) is 5.02 Å². The van der Waals surface area contributed by atoms with E-state index in [0.717, 1.165) is 0 Å². The van der Waals surface area contributed by atoms with E-state index in [1.807, 2.05) is 18.2 Å². The minimum Gasteiger partial charge on any atom is -0.455 e. The number of ether oxygens (including phenoxy) is 2. The average molecular weight is 729 g/mol. The smallest absolute Gasteiger partial charge is 0.313 e. The highest BCUT2D eigenvalue weighted by atomic mass is 79.9. The number of allylic oxidation sites excluding steroid dienone is 1. The molecule has 1 spiro atoms. The Morgan fingerprint density at radius 1 is 1.19 bits per heavy atom. The molecule has 2 aromatic rings. The van der Waals surface area contributed by atoms with E-state index in [4.69, 9.17) is 21.1 Å². The lowest BCUT2D eigenvalue weighted by Crippen LogP contribution is -2.57. The first-order valence-electron chi connectivity index (χ1n) is 15.6. The molecule has 3 aliphatic heterocycles. The second-order valence-electron chi connectivity index (χ2n) is 12.1. The lowest BCUT2D eigenvalue weighted by Gasteiger charge is -2.37. The standard InChI is InChI=1S/C35H39BrClN3O7/c1-4-6-16-26(42)38-21(3)29(22-12-8-7-9-13-22)46-34(45)27-28-32(43)40(18-19-41)31(35(28)20-23(36)30(27)47-35)33(44)39(17-5-2)25-15-11-10-14-24(25)37/h4-5,7-15,21,23,27-31,41H,1-2,6,16-20H2,3H3,(H,38,42)/t21-,23?,27-,28+,29-,30-,31-,35+/m0/s1. The van der Waals surface area contributed by atoms with Crippen LogP contribution in [-0.2, 0) is 28.7 Å². The minimum atomic E-state index is -1.38. The fraction of sp³-hybridized carbons (Fsp3) is 0.429. The Kier molecular flexibility index (Phi) is 10.9. The van der Waals surface area contributed by atoms with Crippen LogP contribution in [0.4, 0.5) is 5.69 Å². The summed E-state index contributed by atoms with van der Waals surface area (Å²) in [4.78, 5) is 58.1. The van der Waals surface area contributed by atoms with Gasteiger partial charge >= 0.3 is 5.97 Å². The van der Waals surface area contributed by atoms with Gasteiger partial charge in [0, 0.05) is 24.3 Å². The molecule has 3 fully saturated rings. The molecule has 10 nitrogen and oxygen atoms in total. The predicted molar refractivity (Wildman–Crippen MR) is 181 cm³/mol. The largest absolute Gasteiger partial charge is 0.455 e. The number of likely N-dealkylation sites (tertiary alicyclic amines) is 1. The van der Waals surface area contributed by atoms with Crippen LogP contribution in [0.1, 0.15) is 37.9 Å². The van der Waals surface area contributed by atoms with Crippen LogP contribution in [0.5, 0.6) is 0 Å². The first-order chi connectivity index (χ1) is 22.6. The van der Waals surface area contributed by atoms with Gasteiger partial charge < -0.3 is 29.7 Å². The van der Waals surface area contributed by atoms with E-state index in [1.165, 1.54) is 9.80 Å². The number of carbonyl (C=O) groups is 4. The molecule has 0 aromatic heterocycles. The number of hydrogen-bond acceptors (Lipinski definition) is 7. The number of β-amino-alcohol motifs (C(OH)–C–C–N with tert-alkyl or cyclic N) is 1. The molecule has 12 heteroatoms. The van der Waals surface area contributed by atoms with Crippen molar-refractivity contribution in [2.75, 3.05) is 24.6 Å². The highest BCUT2D eigenvalue weighted by Gasteiger charge is 2.77. The summed E-state index contributed by atoms with van der Waals surface area (Å²) >= 11 is 10.2. The van der Waals surface area contributed by atoms with Crippen LogP contribution < -0.4 is 10.2 Å². The van der Waals surface area contributed by atoms with Crippen molar-refractivity contribution in [2.45, 2.75) is 60.9 Å². The van der Waals surface area contributed by atoms with Crippen molar-refractivity contribution in [1.29, 1.82) is 0 Å². The zero-order valence-corrected chi connectivity index (χ0v) is 28.4. The number of aliphatic hydroxyl groups excluding tert-OH is 1. The van der Waals surface area contributed by atoms with Gasteiger partial charge in [0.15, 0.2) is 0 Å². The summed E-state index contributed by atoms with van der Waals surface area (Å²) in [5.74, 6) is -3.92. The number of amides is 3. The summed E-state index contributed by atoms with van der Waals surface area (Å²) in [5.41, 5.74) is -0.276. The number of carbonyl (C=O) groups excluding carboxylic acids is 4. The number of nitrogens with one attached hydrogen (secondary N) is 1. The van der Waals surface area contributed by atoms with Crippen LogP contribution in [0, 0.1) is 11.8 Å². The number of aliphatic hydroxyl groups is 1. The molecular formula is C35H39BrClN3O7. The van der Waals surface area contributed by atoms with Crippen LogP contribution in [0.25, 0.3) is 0 Å². The first kappa shape index (κ1) is 34.8. The van der Waals surface area contributed by atoms with Crippen molar-refractivity contribution in [3.63, 3.8) is 0 Å². The highest BCUT2D eigenvalue weighted by Crippen LogP contribution is 2.60. The summed E-state index contributed by atoms with van der Waals surface area (Å²) in [5, 5.41) is 13.3. The van der Waals surface area contributed by atoms with Crippen molar-refractivity contribution in [1.82, 2.24) is 10.2 Å². The third kappa shape index (κ3) is 6.50. The molecule has 3 saturated heterocycles. The van der Waals surface area contributed by atoms with Gasteiger partial charge in [-0.1, -0.05) is 82.1 Å². The lowest BCUT2D eigenvalue weighted by molar-refractivity contribution is -0.162. The normalized spacial score (nSPS) is 27.1. The molecule has 5 rings (SSSR count). The first-order valence-corrected chi connectivity index (χ1v) is 16.9. The van der Waals surface area contributed by atoms with Gasteiger partial charge in [0.25, 0.3) is 5.91 Å². The lowest BCUT2D eigenvalue weighted by atomic mass is 9.70. The van der Waals surface area contributed by atoms with Crippen LogP contribution >= 0.6 is 27.5 Å². The van der Waals surface area contributed by atoms with Gasteiger partial charge in [0.05, 0.1) is 41.3 Å². The summed E-state index contributed by atoms with van der Waals surface area (Å²) < 4.78 is 12.8. The number of benzene rings is 2.